The van der Waals surface area contributed by atoms with E-state index in [2.05, 4.69) is 41.6 Å². The zero-order valence-electron chi connectivity index (χ0n) is 11.0. The third kappa shape index (κ3) is 3.54. The first-order valence-electron chi connectivity index (χ1n) is 6.78. The van der Waals surface area contributed by atoms with Gasteiger partial charge in [0.25, 0.3) is 0 Å². The molecule has 0 radical (unpaired) electrons. The first kappa shape index (κ1) is 13.1. The molecule has 17 heavy (non-hydrogen) atoms. The van der Waals surface area contributed by atoms with Gasteiger partial charge in [-0.1, -0.05) is 26.3 Å². The van der Waals surface area contributed by atoms with Crippen LogP contribution in [0.15, 0.2) is 17.5 Å². The van der Waals surface area contributed by atoms with Gasteiger partial charge in [-0.05, 0) is 23.8 Å². The van der Waals surface area contributed by atoms with E-state index in [1.54, 1.807) is 0 Å². The fraction of sp³-hybridized carbons (Fsp3) is 0.714. The molecule has 0 bridgehead atoms. The minimum absolute atomic E-state index is 0.730. The van der Waals surface area contributed by atoms with Crippen molar-refractivity contribution < 1.29 is 0 Å². The molecule has 2 atom stereocenters. The molecule has 96 valence electrons. The minimum Gasteiger partial charge on any atom is -0.314 e. The summed E-state index contributed by atoms with van der Waals surface area (Å²) in [5.74, 6) is 0.797. The Balaban J connectivity index is 1.87. The molecule has 1 fully saturated rings. The lowest BCUT2D eigenvalue weighted by molar-refractivity contribution is 0.118. The molecule has 1 aromatic heterocycles. The number of rotatable bonds is 5. The molecule has 1 aliphatic heterocycles. The van der Waals surface area contributed by atoms with Gasteiger partial charge in [0.15, 0.2) is 0 Å². The van der Waals surface area contributed by atoms with Crippen LogP contribution in [-0.2, 0) is 6.42 Å². The maximum atomic E-state index is 3.53. The number of piperazine rings is 1. The molecule has 2 heterocycles. The highest BCUT2D eigenvalue weighted by atomic mass is 32.1. The van der Waals surface area contributed by atoms with Gasteiger partial charge in [0.2, 0.25) is 0 Å². The van der Waals surface area contributed by atoms with Crippen LogP contribution in [0.5, 0.6) is 0 Å². The lowest BCUT2D eigenvalue weighted by Gasteiger charge is -2.39. The molecule has 0 aromatic carbocycles. The van der Waals surface area contributed by atoms with Gasteiger partial charge in [0.05, 0.1) is 0 Å². The highest BCUT2D eigenvalue weighted by Gasteiger charge is 2.25. The Kier molecular flexibility index (Phi) is 5.01. The van der Waals surface area contributed by atoms with E-state index in [9.17, 15) is 0 Å². The summed E-state index contributed by atoms with van der Waals surface area (Å²) in [5, 5.41) is 5.71. The van der Waals surface area contributed by atoms with Gasteiger partial charge in [-0.3, -0.25) is 4.90 Å². The predicted molar refractivity (Wildman–Crippen MR) is 75.7 cm³/mol. The van der Waals surface area contributed by atoms with Crippen LogP contribution in [0.3, 0.4) is 0 Å². The van der Waals surface area contributed by atoms with Crippen LogP contribution in [0, 0.1) is 5.92 Å². The summed E-state index contributed by atoms with van der Waals surface area (Å²) in [6, 6.07) is 5.14. The van der Waals surface area contributed by atoms with E-state index in [1.165, 1.54) is 37.4 Å². The highest BCUT2D eigenvalue weighted by Crippen LogP contribution is 2.18. The van der Waals surface area contributed by atoms with Crippen molar-refractivity contribution in [3.63, 3.8) is 0 Å². The van der Waals surface area contributed by atoms with Crippen molar-refractivity contribution in [2.45, 2.75) is 32.7 Å². The summed E-state index contributed by atoms with van der Waals surface area (Å²) in [6.07, 6.45) is 2.49. The van der Waals surface area contributed by atoms with Crippen LogP contribution in [0.2, 0.25) is 0 Å². The Morgan fingerprint density at radius 1 is 1.59 bits per heavy atom. The third-order valence-electron chi connectivity index (χ3n) is 3.92. The zero-order chi connectivity index (χ0) is 12.1. The zero-order valence-corrected chi connectivity index (χ0v) is 11.8. The minimum atomic E-state index is 0.730. The summed E-state index contributed by atoms with van der Waals surface area (Å²) in [4.78, 5) is 4.20. The summed E-state index contributed by atoms with van der Waals surface area (Å²) in [6.45, 7) is 9.43. The highest BCUT2D eigenvalue weighted by molar-refractivity contribution is 7.09. The molecule has 2 nitrogen and oxygen atoms in total. The number of thiophene rings is 1. The van der Waals surface area contributed by atoms with Gasteiger partial charge in [-0.2, -0.15) is 0 Å². The van der Waals surface area contributed by atoms with Crippen molar-refractivity contribution in [2.75, 3.05) is 26.2 Å². The molecule has 2 unspecified atom stereocenters. The number of hydrogen-bond acceptors (Lipinski definition) is 3. The molecule has 1 N–H and O–H groups in total. The first-order valence-corrected chi connectivity index (χ1v) is 7.66. The lowest BCUT2D eigenvalue weighted by atomic mass is 9.96. The second kappa shape index (κ2) is 6.53. The third-order valence-corrected chi connectivity index (χ3v) is 4.86. The smallest absolute Gasteiger partial charge is 0.0246 e. The first-order chi connectivity index (χ1) is 8.31. The molecule has 1 aromatic rings. The lowest BCUT2D eigenvalue weighted by Crippen LogP contribution is -2.54. The van der Waals surface area contributed by atoms with Crippen molar-refractivity contribution in [3.05, 3.63) is 22.4 Å². The van der Waals surface area contributed by atoms with E-state index >= 15 is 0 Å². The Morgan fingerprint density at radius 2 is 2.47 bits per heavy atom. The van der Waals surface area contributed by atoms with Crippen molar-refractivity contribution >= 4 is 11.3 Å². The standard InChI is InChI=1S/C14H24N2S/c1-3-12(2)14-11-15-7-9-16(14)8-6-13-5-4-10-17-13/h4-5,10,12,14-15H,3,6-9,11H2,1-2H3. The van der Waals surface area contributed by atoms with Crippen molar-refractivity contribution in [1.82, 2.24) is 10.2 Å². The van der Waals surface area contributed by atoms with Crippen LogP contribution >= 0.6 is 11.3 Å². The van der Waals surface area contributed by atoms with E-state index in [-0.39, 0.29) is 0 Å². The van der Waals surface area contributed by atoms with Gasteiger partial charge in [-0.25, -0.2) is 0 Å². The van der Waals surface area contributed by atoms with E-state index in [1.807, 2.05) is 11.3 Å². The van der Waals surface area contributed by atoms with Crippen LogP contribution < -0.4 is 5.32 Å². The van der Waals surface area contributed by atoms with Crippen LogP contribution in [0.25, 0.3) is 0 Å². The molecule has 2 rings (SSSR count). The van der Waals surface area contributed by atoms with Gasteiger partial charge in [0, 0.05) is 37.1 Å². The average Bonchev–Trinajstić information content (AvgIpc) is 2.89. The molecular formula is C14H24N2S. The molecule has 1 saturated heterocycles. The van der Waals surface area contributed by atoms with Gasteiger partial charge in [-0.15, -0.1) is 11.3 Å². The Morgan fingerprint density at radius 3 is 3.18 bits per heavy atom. The summed E-state index contributed by atoms with van der Waals surface area (Å²) < 4.78 is 0. The monoisotopic (exact) mass is 252 g/mol. The van der Waals surface area contributed by atoms with Gasteiger partial charge < -0.3 is 5.32 Å². The predicted octanol–water partition coefficient (Wildman–Crippen LogP) is 2.61. The van der Waals surface area contributed by atoms with Gasteiger partial charge in [0.1, 0.15) is 0 Å². The molecule has 0 aliphatic carbocycles. The van der Waals surface area contributed by atoms with Crippen molar-refractivity contribution in [1.29, 1.82) is 0 Å². The maximum absolute atomic E-state index is 3.53. The molecule has 0 amide bonds. The van der Waals surface area contributed by atoms with Crippen LogP contribution in [0.1, 0.15) is 25.1 Å². The quantitative estimate of drug-likeness (QED) is 0.866. The van der Waals surface area contributed by atoms with Crippen molar-refractivity contribution in [2.24, 2.45) is 5.92 Å². The molecular weight excluding hydrogens is 228 g/mol. The number of nitrogens with one attached hydrogen (secondary N) is 1. The second-order valence-electron chi connectivity index (χ2n) is 5.02. The molecule has 0 spiro atoms. The SMILES string of the molecule is CCC(C)C1CNCCN1CCc1cccs1. The fourth-order valence-electron chi connectivity index (χ4n) is 2.59. The van der Waals surface area contributed by atoms with Crippen LogP contribution in [0.4, 0.5) is 0 Å². The van der Waals surface area contributed by atoms with Crippen LogP contribution in [-0.4, -0.2) is 37.1 Å². The maximum Gasteiger partial charge on any atom is 0.0246 e. The number of hydrogen-bond donors (Lipinski definition) is 1. The van der Waals surface area contributed by atoms with E-state index in [0.29, 0.717) is 0 Å². The van der Waals surface area contributed by atoms with Gasteiger partial charge >= 0.3 is 0 Å². The second-order valence-corrected chi connectivity index (χ2v) is 6.05. The Labute approximate surface area is 109 Å². The summed E-state index contributed by atoms with van der Waals surface area (Å²) in [5.41, 5.74) is 0. The number of nitrogens with zero attached hydrogens (tertiary/aromatic N) is 1. The van der Waals surface area contributed by atoms with Crippen molar-refractivity contribution in [3.8, 4) is 0 Å². The van der Waals surface area contributed by atoms with E-state index in [4.69, 9.17) is 0 Å². The van der Waals surface area contributed by atoms with E-state index in [0.717, 1.165) is 18.5 Å². The largest absolute Gasteiger partial charge is 0.314 e. The molecule has 0 saturated carbocycles. The summed E-state index contributed by atoms with van der Waals surface area (Å²) in [7, 11) is 0. The normalized spacial score (nSPS) is 23.8. The summed E-state index contributed by atoms with van der Waals surface area (Å²) >= 11 is 1.88. The Hall–Kier alpha value is -0.380. The fourth-order valence-corrected chi connectivity index (χ4v) is 3.29. The van der Waals surface area contributed by atoms with E-state index < -0.39 is 0 Å². The Bertz CT molecular complexity index is 310. The molecule has 1 aliphatic rings. The average molecular weight is 252 g/mol. The topological polar surface area (TPSA) is 15.3 Å². The molecule has 3 heteroatoms.